The molecule has 0 aliphatic carbocycles. The summed E-state index contributed by atoms with van der Waals surface area (Å²) in [5, 5.41) is 2.63. The third-order valence-electron chi connectivity index (χ3n) is 3.72. The summed E-state index contributed by atoms with van der Waals surface area (Å²) >= 11 is 7.56. The number of aromatic nitrogens is 2. The van der Waals surface area contributed by atoms with Crippen molar-refractivity contribution < 1.29 is 9.21 Å². The highest BCUT2D eigenvalue weighted by Gasteiger charge is 2.19. The largest absolute Gasteiger partial charge is 0.463 e. The Morgan fingerprint density at radius 3 is 2.91 bits per heavy atom. The molecule has 0 bridgehead atoms. The number of halogens is 1. The second-order valence-electron chi connectivity index (χ2n) is 5.14. The number of fused-ring (bicyclic) bond motifs is 1. The first kappa shape index (κ1) is 14.2. The molecule has 0 radical (unpaired) electrons. The maximum Gasteiger partial charge on any atom is 0.195 e. The molecule has 4 nitrogen and oxygen atoms in total. The lowest BCUT2D eigenvalue weighted by Gasteiger charge is -2.03. The number of hydrogen-bond acceptors (Lipinski definition) is 4. The van der Waals surface area contributed by atoms with E-state index in [9.17, 15) is 4.79 Å². The number of hydrogen-bond donors (Lipinski definition) is 0. The predicted molar refractivity (Wildman–Crippen MR) is 91.3 cm³/mol. The fourth-order valence-corrected chi connectivity index (χ4v) is 3.59. The topological polar surface area (TPSA) is 47.5 Å². The van der Waals surface area contributed by atoms with Crippen LogP contribution < -0.4 is 0 Å². The molecule has 0 atom stereocenters. The molecule has 4 rings (SSSR count). The predicted octanol–water partition coefficient (Wildman–Crippen LogP) is 5.10. The van der Waals surface area contributed by atoms with Gasteiger partial charge >= 0.3 is 0 Å². The zero-order valence-electron chi connectivity index (χ0n) is 12.1. The molecule has 0 aliphatic rings. The van der Waals surface area contributed by atoms with Crippen LogP contribution in [0.3, 0.4) is 0 Å². The quantitative estimate of drug-likeness (QED) is 0.487. The number of carbonyl (C=O) groups is 1. The van der Waals surface area contributed by atoms with Crippen LogP contribution in [0, 0.1) is 6.92 Å². The number of furan rings is 1. The molecule has 3 heterocycles. The number of aryl methyl sites for hydroxylation is 1. The molecule has 0 amide bonds. The number of aldehydes is 1. The minimum atomic E-state index is 0.509. The van der Waals surface area contributed by atoms with Gasteiger partial charge in [-0.05, 0) is 36.8 Å². The summed E-state index contributed by atoms with van der Waals surface area (Å²) < 4.78 is 7.29. The third kappa shape index (κ3) is 2.20. The Morgan fingerprint density at radius 2 is 2.22 bits per heavy atom. The molecule has 6 heteroatoms. The van der Waals surface area contributed by atoms with Crippen molar-refractivity contribution in [2.24, 2.45) is 0 Å². The summed E-state index contributed by atoms with van der Waals surface area (Å²) in [5.41, 5.74) is 3.80. The van der Waals surface area contributed by atoms with Crippen molar-refractivity contribution in [3.05, 3.63) is 58.3 Å². The SMILES string of the molecule is Cc1cc(-c2nc3scc(-c4ccco4)n3c2C=O)ccc1Cl. The summed E-state index contributed by atoms with van der Waals surface area (Å²) in [6.07, 6.45) is 2.44. The molecule has 23 heavy (non-hydrogen) atoms. The van der Waals surface area contributed by atoms with Gasteiger partial charge in [-0.15, -0.1) is 11.3 Å². The van der Waals surface area contributed by atoms with Gasteiger partial charge in [0.05, 0.1) is 6.26 Å². The van der Waals surface area contributed by atoms with Crippen LogP contribution in [0.15, 0.2) is 46.4 Å². The van der Waals surface area contributed by atoms with E-state index in [1.807, 2.05) is 47.0 Å². The van der Waals surface area contributed by atoms with Crippen LogP contribution in [0.2, 0.25) is 5.02 Å². The normalized spacial score (nSPS) is 11.2. The average Bonchev–Trinajstić information content (AvgIpc) is 3.24. The molecule has 0 unspecified atom stereocenters. The van der Waals surface area contributed by atoms with Crippen LogP contribution in [0.1, 0.15) is 16.1 Å². The molecular weight excluding hydrogens is 332 g/mol. The van der Waals surface area contributed by atoms with Gasteiger partial charge in [0, 0.05) is 16.0 Å². The van der Waals surface area contributed by atoms with Gasteiger partial charge in [-0.25, -0.2) is 4.98 Å². The lowest BCUT2D eigenvalue weighted by atomic mass is 10.1. The lowest BCUT2D eigenvalue weighted by molar-refractivity contribution is 0.111. The molecular formula is C17H11ClN2O2S. The van der Waals surface area contributed by atoms with Crippen molar-refractivity contribution >= 4 is 34.2 Å². The smallest absolute Gasteiger partial charge is 0.195 e. The van der Waals surface area contributed by atoms with E-state index >= 15 is 0 Å². The van der Waals surface area contributed by atoms with E-state index in [1.54, 1.807) is 6.26 Å². The molecule has 0 N–H and O–H groups in total. The first-order valence-corrected chi connectivity index (χ1v) is 8.20. The number of rotatable bonds is 3. The molecule has 0 aliphatic heterocycles. The number of nitrogens with zero attached hydrogens (tertiary/aromatic N) is 2. The first-order valence-electron chi connectivity index (χ1n) is 6.94. The highest BCUT2D eigenvalue weighted by atomic mass is 35.5. The number of carbonyl (C=O) groups excluding carboxylic acids is 1. The summed E-state index contributed by atoms with van der Waals surface area (Å²) in [7, 11) is 0. The van der Waals surface area contributed by atoms with Crippen molar-refractivity contribution in [1.82, 2.24) is 9.38 Å². The summed E-state index contributed by atoms with van der Waals surface area (Å²) in [6.45, 7) is 1.93. The molecule has 0 saturated heterocycles. The van der Waals surface area contributed by atoms with Gasteiger partial charge in [0.1, 0.15) is 17.1 Å². The maximum atomic E-state index is 11.7. The minimum absolute atomic E-state index is 0.509. The van der Waals surface area contributed by atoms with Crippen LogP contribution in [0.25, 0.3) is 27.7 Å². The molecule has 114 valence electrons. The Morgan fingerprint density at radius 1 is 1.35 bits per heavy atom. The molecule has 0 saturated carbocycles. The first-order chi connectivity index (χ1) is 11.2. The van der Waals surface area contributed by atoms with E-state index in [0.29, 0.717) is 22.2 Å². The van der Waals surface area contributed by atoms with Gasteiger partial charge in [0.2, 0.25) is 0 Å². The monoisotopic (exact) mass is 342 g/mol. The Balaban J connectivity index is 1.98. The van der Waals surface area contributed by atoms with Crippen LogP contribution in [-0.4, -0.2) is 15.7 Å². The molecule has 3 aromatic heterocycles. The van der Waals surface area contributed by atoms with Crippen molar-refractivity contribution in [3.63, 3.8) is 0 Å². The minimum Gasteiger partial charge on any atom is -0.463 e. The van der Waals surface area contributed by atoms with Gasteiger partial charge in [-0.2, -0.15) is 0 Å². The van der Waals surface area contributed by atoms with Gasteiger partial charge in [0.15, 0.2) is 17.0 Å². The number of imidazole rings is 1. The van der Waals surface area contributed by atoms with Crippen molar-refractivity contribution in [2.45, 2.75) is 6.92 Å². The molecule has 0 fully saturated rings. The molecule has 1 aromatic carbocycles. The maximum absolute atomic E-state index is 11.7. The van der Waals surface area contributed by atoms with E-state index < -0.39 is 0 Å². The highest BCUT2D eigenvalue weighted by molar-refractivity contribution is 7.15. The Bertz CT molecular complexity index is 1020. The summed E-state index contributed by atoms with van der Waals surface area (Å²) in [4.78, 5) is 17.1. The van der Waals surface area contributed by atoms with E-state index in [-0.39, 0.29) is 0 Å². The second-order valence-corrected chi connectivity index (χ2v) is 6.39. The summed E-state index contributed by atoms with van der Waals surface area (Å²) in [5.74, 6) is 0.704. The Kier molecular flexibility index (Phi) is 3.32. The van der Waals surface area contributed by atoms with Crippen LogP contribution in [0.5, 0.6) is 0 Å². The van der Waals surface area contributed by atoms with Crippen molar-refractivity contribution in [3.8, 4) is 22.7 Å². The van der Waals surface area contributed by atoms with Crippen LogP contribution >= 0.6 is 22.9 Å². The second kappa shape index (κ2) is 5.37. The fourth-order valence-electron chi connectivity index (χ4n) is 2.59. The van der Waals surface area contributed by atoms with Crippen molar-refractivity contribution in [1.29, 1.82) is 0 Å². The lowest BCUT2D eigenvalue weighted by Crippen LogP contribution is -1.93. The van der Waals surface area contributed by atoms with Crippen LogP contribution in [0.4, 0.5) is 0 Å². The van der Waals surface area contributed by atoms with E-state index in [1.165, 1.54) is 11.3 Å². The van der Waals surface area contributed by atoms with E-state index in [2.05, 4.69) is 4.98 Å². The van der Waals surface area contributed by atoms with Crippen LogP contribution in [-0.2, 0) is 0 Å². The fraction of sp³-hybridized carbons (Fsp3) is 0.0588. The van der Waals surface area contributed by atoms with Gasteiger partial charge in [0.25, 0.3) is 0 Å². The standard InChI is InChI=1S/C17H11ClN2O2S/c1-10-7-11(4-5-12(10)18)16-13(8-21)20-14(9-23-17(20)19-16)15-3-2-6-22-15/h2-9H,1H3. The number of thiazole rings is 1. The zero-order valence-corrected chi connectivity index (χ0v) is 13.7. The number of benzene rings is 1. The van der Waals surface area contributed by atoms with E-state index in [4.69, 9.17) is 16.0 Å². The Hall–Kier alpha value is -2.37. The van der Waals surface area contributed by atoms with Gasteiger partial charge in [-0.1, -0.05) is 17.7 Å². The van der Waals surface area contributed by atoms with E-state index in [0.717, 1.165) is 28.1 Å². The summed E-state index contributed by atoms with van der Waals surface area (Å²) in [6, 6.07) is 9.32. The zero-order chi connectivity index (χ0) is 16.0. The average molecular weight is 343 g/mol. The highest BCUT2D eigenvalue weighted by Crippen LogP contribution is 2.33. The van der Waals surface area contributed by atoms with Gasteiger partial charge < -0.3 is 4.42 Å². The third-order valence-corrected chi connectivity index (χ3v) is 4.97. The molecule has 0 spiro atoms. The Labute approximate surface area is 141 Å². The van der Waals surface area contributed by atoms with Crippen molar-refractivity contribution in [2.75, 3.05) is 0 Å². The molecule has 4 aromatic rings. The van der Waals surface area contributed by atoms with Gasteiger partial charge in [-0.3, -0.25) is 9.20 Å².